The lowest BCUT2D eigenvalue weighted by molar-refractivity contribution is -0.137. The summed E-state index contributed by atoms with van der Waals surface area (Å²) in [5.74, 6) is 1.53. The van der Waals surface area contributed by atoms with Gasteiger partial charge in [0, 0.05) is 11.1 Å². The number of carbonyl (C=O) groups is 1. The number of benzene rings is 4. The van der Waals surface area contributed by atoms with E-state index in [1.165, 1.54) is 16.9 Å². The lowest BCUT2D eigenvalue weighted by Crippen LogP contribution is -2.06. The molecule has 5 rings (SSSR count). The number of ether oxygens (including phenoxy) is 2. The van der Waals surface area contributed by atoms with E-state index in [1.807, 2.05) is 36.4 Å². The Balaban J connectivity index is 1.61. The van der Waals surface area contributed by atoms with Crippen molar-refractivity contribution in [3.8, 4) is 34.2 Å². The topological polar surface area (TPSA) is 53.4 Å². The van der Waals surface area contributed by atoms with Crippen molar-refractivity contribution in [2.75, 3.05) is 7.11 Å². The quantitative estimate of drug-likeness (QED) is 0.235. The smallest absolute Gasteiger partial charge is 0.416 e. The average Bonchev–Trinajstić information content (AvgIpc) is 3.32. The molecular weight excluding hydrogens is 469 g/mol. The molecule has 5 nitrogen and oxygen atoms in total. The third-order valence-electron chi connectivity index (χ3n) is 5.68. The van der Waals surface area contributed by atoms with Crippen LogP contribution in [0.4, 0.5) is 13.2 Å². The molecule has 0 N–H and O–H groups in total. The van der Waals surface area contributed by atoms with Gasteiger partial charge in [-0.3, -0.25) is 4.79 Å². The molecule has 0 saturated heterocycles. The highest BCUT2D eigenvalue weighted by molar-refractivity contribution is 5.88. The van der Waals surface area contributed by atoms with Gasteiger partial charge in [-0.25, -0.2) is 4.68 Å². The second kappa shape index (κ2) is 9.22. The van der Waals surface area contributed by atoms with Crippen molar-refractivity contribution in [1.82, 2.24) is 9.78 Å². The summed E-state index contributed by atoms with van der Waals surface area (Å²) in [5, 5.41) is 6.48. The van der Waals surface area contributed by atoms with Crippen molar-refractivity contribution in [3.05, 3.63) is 102 Å². The second-order valence-electron chi connectivity index (χ2n) is 8.05. The molecule has 1 heterocycles. The maximum Gasteiger partial charge on any atom is 0.416 e. The number of hydrogen-bond donors (Lipinski definition) is 0. The predicted molar refractivity (Wildman–Crippen MR) is 130 cm³/mol. The van der Waals surface area contributed by atoms with Crippen molar-refractivity contribution in [2.24, 2.45) is 0 Å². The zero-order valence-electron chi connectivity index (χ0n) is 19.0. The molecule has 0 radical (unpaired) electrons. The van der Waals surface area contributed by atoms with Gasteiger partial charge in [-0.2, -0.15) is 18.3 Å². The van der Waals surface area contributed by atoms with Gasteiger partial charge in [-0.05, 0) is 71.4 Å². The Kier molecular flexibility index (Phi) is 5.93. The first kappa shape index (κ1) is 23.2. The number of carbonyl (C=O) groups excluding carboxylic acids is 1. The summed E-state index contributed by atoms with van der Waals surface area (Å²) in [5.41, 5.74) is 1.13. The molecule has 0 unspecified atom stereocenters. The normalized spacial score (nSPS) is 11.4. The molecule has 0 atom stereocenters. The Hall–Kier alpha value is -4.59. The van der Waals surface area contributed by atoms with Crippen LogP contribution >= 0.6 is 0 Å². The Morgan fingerprint density at radius 1 is 0.861 bits per heavy atom. The lowest BCUT2D eigenvalue weighted by Gasteiger charge is -2.08. The Labute approximate surface area is 204 Å². The Morgan fingerprint density at radius 3 is 2.31 bits per heavy atom. The maximum atomic E-state index is 13.3. The van der Waals surface area contributed by atoms with Crippen LogP contribution in [-0.2, 0) is 6.18 Å². The van der Waals surface area contributed by atoms with E-state index in [0.29, 0.717) is 22.8 Å². The zero-order chi connectivity index (χ0) is 25.3. The molecular formula is C28H19F3N2O3. The third-order valence-corrected chi connectivity index (χ3v) is 5.68. The number of alkyl halides is 3. The van der Waals surface area contributed by atoms with Crippen LogP contribution in [0.1, 0.15) is 15.9 Å². The standard InChI is InChI=1S/C28H19F3N2O3/c1-35-25-12-9-19-13-21(8-7-20(19)14-25)27-26(36-24-10-5-18(17-34)6-11-24)16-33(32-27)23-4-2-3-22(15-23)28(29,30)31/h2-17H,1H3. The molecule has 0 aliphatic carbocycles. The van der Waals surface area contributed by atoms with Crippen molar-refractivity contribution < 1.29 is 27.4 Å². The molecule has 0 amide bonds. The molecule has 0 spiro atoms. The van der Waals surface area contributed by atoms with Crippen LogP contribution in [0.15, 0.2) is 91.1 Å². The Bertz CT molecular complexity index is 1560. The van der Waals surface area contributed by atoms with E-state index in [9.17, 15) is 18.0 Å². The largest absolute Gasteiger partial charge is 0.497 e. The highest BCUT2D eigenvalue weighted by Gasteiger charge is 2.30. The summed E-state index contributed by atoms with van der Waals surface area (Å²) in [6.45, 7) is 0. The summed E-state index contributed by atoms with van der Waals surface area (Å²) in [6.07, 6.45) is -2.22. The van der Waals surface area contributed by atoms with Gasteiger partial charge in [0.15, 0.2) is 5.75 Å². The van der Waals surface area contributed by atoms with E-state index >= 15 is 0 Å². The van der Waals surface area contributed by atoms with Gasteiger partial charge in [0.25, 0.3) is 0 Å². The fraction of sp³-hybridized carbons (Fsp3) is 0.0714. The van der Waals surface area contributed by atoms with Crippen LogP contribution in [0.5, 0.6) is 17.2 Å². The van der Waals surface area contributed by atoms with E-state index < -0.39 is 11.7 Å². The first-order chi connectivity index (χ1) is 17.3. The Morgan fingerprint density at radius 2 is 1.58 bits per heavy atom. The molecule has 0 aliphatic rings. The van der Waals surface area contributed by atoms with E-state index in [4.69, 9.17) is 9.47 Å². The third kappa shape index (κ3) is 4.65. The minimum atomic E-state index is -4.48. The van der Waals surface area contributed by atoms with Crippen LogP contribution < -0.4 is 9.47 Å². The lowest BCUT2D eigenvalue weighted by atomic mass is 10.0. The summed E-state index contributed by atoms with van der Waals surface area (Å²) in [6, 6.07) is 22.8. The number of methoxy groups -OCH3 is 1. The second-order valence-corrected chi connectivity index (χ2v) is 8.05. The number of nitrogens with zero attached hydrogens (tertiary/aromatic N) is 2. The molecule has 180 valence electrons. The van der Waals surface area contributed by atoms with Crippen LogP contribution in [0.3, 0.4) is 0 Å². The number of aromatic nitrogens is 2. The number of fused-ring (bicyclic) bond motifs is 1. The zero-order valence-corrected chi connectivity index (χ0v) is 19.0. The molecule has 0 fully saturated rings. The maximum absolute atomic E-state index is 13.3. The molecule has 0 aliphatic heterocycles. The summed E-state index contributed by atoms with van der Waals surface area (Å²) in [4.78, 5) is 11.0. The first-order valence-corrected chi connectivity index (χ1v) is 10.9. The van der Waals surface area contributed by atoms with Gasteiger partial charge in [-0.1, -0.05) is 24.3 Å². The van der Waals surface area contributed by atoms with Crippen molar-refractivity contribution in [1.29, 1.82) is 0 Å². The van der Waals surface area contributed by atoms with E-state index in [0.717, 1.165) is 40.5 Å². The number of rotatable bonds is 6. The van der Waals surface area contributed by atoms with E-state index in [1.54, 1.807) is 37.4 Å². The van der Waals surface area contributed by atoms with Crippen LogP contribution in [-0.4, -0.2) is 23.2 Å². The highest BCUT2D eigenvalue weighted by atomic mass is 19.4. The molecule has 36 heavy (non-hydrogen) atoms. The molecule has 5 aromatic rings. The fourth-order valence-corrected chi connectivity index (χ4v) is 3.83. The molecule has 8 heteroatoms. The van der Waals surface area contributed by atoms with Gasteiger partial charge in [0.2, 0.25) is 0 Å². The van der Waals surface area contributed by atoms with Gasteiger partial charge < -0.3 is 9.47 Å². The predicted octanol–water partition coefficient (Wildman–Crippen LogP) is 7.32. The summed E-state index contributed by atoms with van der Waals surface area (Å²) >= 11 is 0. The van der Waals surface area contributed by atoms with Crippen molar-refractivity contribution in [3.63, 3.8) is 0 Å². The minimum Gasteiger partial charge on any atom is -0.497 e. The highest BCUT2D eigenvalue weighted by Crippen LogP contribution is 2.36. The van der Waals surface area contributed by atoms with Gasteiger partial charge in [0.1, 0.15) is 23.5 Å². The van der Waals surface area contributed by atoms with Crippen molar-refractivity contribution in [2.45, 2.75) is 6.18 Å². The summed E-state index contributed by atoms with van der Waals surface area (Å²) < 4.78 is 52.6. The number of aldehydes is 1. The van der Waals surface area contributed by atoms with Crippen LogP contribution in [0.25, 0.3) is 27.7 Å². The number of halogens is 3. The van der Waals surface area contributed by atoms with Crippen molar-refractivity contribution >= 4 is 17.1 Å². The monoisotopic (exact) mass is 488 g/mol. The van der Waals surface area contributed by atoms with Gasteiger partial charge in [0.05, 0.1) is 24.6 Å². The number of hydrogen-bond acceptors (Lipinski definition) is 4. The SMILES string of the molecule is COc1ccc2cc(-c3nn(-c4cccc(C(F)(F)F)c4)cc3Oc3ccc(C=O)cc3)ccc2c1. The average molecular weight is 488 g/mol. The van der Waals surface area contributed by atoms with E-state index in [-0.39, 0.29) is 5.69 Å². The van der Waals surface area contributed by atoms with Gasteiger partial charge >= 0.3 is 6.18 Å². The molecule has 0 saturated carbocycles. The fourth-order valence-electron chi connectivity index (χ4n) is 3.83. The van der Waals surface area contributed by atoms with Crippen LogP contribution in [0, 0.1) is 0 Å². The molecule has 0 bridgehead atoms. The van der Waals surface area contributed by atoms with Gasteiger partial charge in [-0.15, -0.1) is 0 Å². The minimum absolute atomic E-state index is 0.239. The van der Waals surface area contributed by atoms with Crippen LogP contribution in [0.2, 0.25) is 0 Å². The molecule has 1 aromatic heterocycles. The summed E-state index contributed by atoms with van der Waals surface area (Å²) in [7, 11) is 1.60. The molecule has 4 aromatic carbocycles. The van der Waals surface area contributed by atoms with E-state index in [2.05, 4.69) is 5.10 Å². The first-order valence-electron chi connectivity index (χ1n) is 10.9.